The Morgan fingerprint density at radius 3 is 2.94 bits per heavy atom. The molecule has 0 aliphatic rings. The van der Waals surface area contributed by atoms with Crippen molar-refractivity contribution in [2.24, 2.45) is 0 Å². The molecule has 0 saturated heterocycles. The molecule has 0 aliphatic carbocycles. The van der Waals surface area contributed by atoms with Gasteiger partial charge in [-0.15, -0.1) is 0 Å². The second kappa shape index (κ2) is 4.31. The van der Waals surface area contributed by atoms with Crippen LogP contribution in [0.4, 0.5) is 0 Å². The van der Waals surface area contributed by atoms with Crippen LogP contribution >= 0.6 is 0 Å². The molecule has 3 nitrogen and oxygen atoms in total. The minimum Gasteiger partial charge on any atom is -0.481 e. The second-order valence-electron chi connectivity index (χ2n) is 3.93. The number of aliphatic carboxylic acids is 1. The van der Waals surface area contributed by atoms with Crippen molar-refractivity contribution in [3.8, 4) is 0 Å². The number of carbonyl (C=O) groups is 1. The zero-order valence-electron chi connectivity index (χ0n) is 9.10. The molecule has 0 bridgehead atoms. The summed E-state index contributed by atoms with van der Waals surface area (Å²) in [5, 5.41) is 9.67. The van der Waals surface area contributed by atoms with Crippen molar-refractivity contribution in [1.82, 2.24) is 4.98 Å². The van der Waals surface area contributed by atoms with Crippen LogP contribution in [0.25, 0.3) is 10.9 Å². The minimum atomic E-state index is -0.774. The molecule has 1 N–H and O–H groups in total. The fourth-order valence-corrected chi connectivity index (χ4v) is 1.67. The lowest BCUT2D eigenvalue weighted by Crippen LogP contribution is -1.97. The monoisotopic (exact) mass is 215 g/mol. The molecule has 0 aliphatic heterocycles. The predicted octanol–water partition coefficient (Wildman–Crippen LogP) is 2.56. The van der Waals surface area contributed by atoms with Crippen molar-refractivity contribution in [2.75, 3.05) is 0 Å². The van der Waals surface area contributed by atoms with Crippen LogP contribution < -0.4 is 0 Å². The fraction of sp³-hybridized carbons (Fsp3) is 0.231. The molecular formula is C13H13NO2. The van der Waals surface area contributed by atoms with Gasteiger partial charge >= 0.3 is 5.97 Å². The van der Waals surface area contributed by atoms with Gasteiger partial charge in [-0.1, -0.05) is 12.1 Å². The van der Waals surface area contributed by atoms with Gasteiger partial charge < -0.3 is 5.11 Å². The third kappa shape index (κ3) is 2.37. The number of benzene rings is 1. The van der Waals surface area contributed by atoms with Crippen LogP contribution in [-0.4, -0.2) is 16.1 Å². The Labute approximate surface area is 93.7 Å². The van der Waals surface area contributed by atoms with Gasteiger partial charge in [-0.2, -0.15) is 0 Å². The van der Waals surface area contributed by atoms with Crippen LogP contribution in [0, 0.1) is 6.92 Å². The molecule has 0 radical (unpaired) electrons. The van der Waals surface area contributed by atoms with Crippen molar-refractivity contribution < 1.29 is 9.90 Å². The number of aryl methyl sites for hydroxylation is 2. The van der Waals surface area contributed by atoms with Crippen LogP contribution in [0.2, 0.25) is 0 Å². The lowest BCUT2D eigenvalue weighted by Gasteiger charge is -2.02. The summed E-state index contributed by atoms with van der Waals surface area (Å²) in [6.45, 7) is 2.03. The van der Waals surface area contributed by atoms with Crippen molar-refractivity contribution in [3.05, 3.63) is 41.6 Å². The largest absolute Gasteiger partial charge is 0.481 e. The summed E-state index contributed by atoms with van der Waals surface area (Å²) in [5.74, 6) is -0.774. The van der Waals surface area contributed by atoms with Crippen LogP contribution in [0.3, 0.4) is 0 Å². The maximum atomic E-state index is 10.5. The average Bonchev–Trinajstić information content (AvgIpc) is 2.26. The first-order valence-corrected chi connectivity index (χ1v) is 5.22. The Bertz CT molecular complexity index is 534. The molecule has 1 heterocycles. The van der Waals surface area contributed by atoms with Crippen LogP contribution in [0.5, 0.6) is 0 Å². The van der Waals surface area contributed by atoms with Gasteiger partial charge in [0.2, 0.25) is 0 Å². The molecule has 0 unspecified atom stereocenters. The second-order valence-corrected chi connectivity index (χ2v) is 3.93. The lowest BCUT2D eigenvalue weighted by atomic mass is 10.1. The summed E-state index contributed by atoms with van der Waals surface area (Å²) in [4.78, 5) is 14.8. The Morgan fingerprint density at radius 2 is 2.19 bits per heavy atom. The topological polar surface area (TPSA) is 50.2 Å². The summed E-state index contributed by atoms with van der Waals surface area (Å²) in [6, 6.07) is 8.08. The Kier molecular flexibility index (Phi) is 2.86. The van der Waals surface area contributed by atoms with Gasteiger partial charge in [0.1, 0.15) is 0 Å². The van der Waals surface area contributed by atoms with Gasteiger partial charge in [0.05, 0.1) is 5.52 Å². The first kappa shape index (κ1) is 10.6. The van der Waals surface area contributed by atoms with Crippen LogP contribution in [-0.2, 0) is 11.2 Å². The molecule has 16 heavy (non-hydrogen) atoms. The number of hydrogen-bond donors (Lipinski definition) is 1. The Balaban J connectivity index is 2.30. The number of fused-ring (bicyclic) bond motifs is 1. The number of nitrogens with zero attached hydrogens (tertiary/aromatic N) is 1. The Morgan fingerprint density at radius 1 is 1.38 bits per heavy atom. The van der Waals surface area contributed by atoms with Crippen molar-refractivity contribution >= 4 is 16.9 Å². The van der Waals surface area contributed by atoms with E-state index < -0.39 is 5.97 Å². The number of hydrogen-bond acceptors (Lipinski definition) is 2. The summed E-state index contributed by atoms with van der Waals surface area (Å²) in [6.07, 6.45) is 2.44. The Hall–Kier alpha value is -1.90. The molecule has 0 saturated carbocycles. The van der Waals surface area contributed by atoms with Gasteiger partial charge in [0, 0.05) is 18.0 Å². The highest BCUT2D eigenvalue weighted by molar-refractivity contribution is 5.79. The fourth-order valence-electron chi connectivity index (χ4n) is 1.67. The number of rotatable bonds is 3. The zero-order chi connectivity index (χ0) is 11.5. The van der Waals surface area contributed by atoms with Gasteiger partial charge in [0.25, 0.3) is 0 Å². The van der Waals surface area contributed by atoms with Crippen molar-refractivity contribution in [2.45, 2.75) is 19.8 Å². The molecule has 1 aromatic carbocycles. The maximum Gasteiger partial charge on any atom is 0.303 e. The highest BCUT2D eigenvalue weighted by Crippen LogP contribution is 2.15. The van der Waals surface area contributed by atoms with Crippen LogP contribution in [0.15, 0.2) is 30.5 Å². The van der Waals surface area contributed by atoms with E-state index in [9.17, 15) is 4.79 Å². The number of carboxylic acids is 1. The van der Waals surface area contributed by atoms with Crippen molar-refractivity contribution in [3.63, 3.8) is 0 Å². The van der Waals surface area contributed by atoms with E-state index in [1.165, 1.54) is 5.56 Å². The SMILES string of the molecule is Cc1ccc2cc(CCC(=O)O)cnc2c1. The zero-order valence-corrected chi connectivity index (χ0v) is 9.10. The van der Waals surface area contributed by atoms with Crippen molar-refractivity contribution in [1.29, 1.82) is 0 Å². The predicted molar refractivity (Wildman–Crippen MR) is 62.4 cm³/mol. The summed E-state index contributed by atoms with van der Waals surface area (Å²) < 4.78 is 0. The molecule has 0 atom stereocenters. The number of pyridine rings is 1. The van der Waals surface area contributed by atoms with E-state index in [1.807, 2.05) is 31.2 Å². The standard InChI is InChI=1S/C13H13NO2/c1-9-2-4-11-7-10(3-5-13(15)16)8-14-12(11)6-9/h2,4,6-8H,3,5H2,1H3,(H,15,16). The minimum absolute atomic E-state index is 0.152. The summed E-state index contributed by atoms with van der Waals surface area (Å²) >= 11 is 0. The lowest BCUT2D eigenvalue weighted by molar-refractivity contribution is -0.136. The molecule has 0 spiro atoms. The normalized spacial score (nSPS) is 10.6. The van der Waals surface area contributed by atoms with E-state index in [0.29, 0.717) is 6.42 Å². The molecule has 2 aromatic rings. The molecule has 1 aromatic heterocycles. The third-order valence-electron chi connectivity index (χ3n) is 2.52. The highest BCUT2D eigenvalue weighted by atomic mass is 16.4. The summed E-state index contributed by atoms with van der Waals surface area (Å²) in [5.41, 5.74) is 3.11. The average molecular weight is 215 g/mol. The summed E-state index contributed by atoms with van der Waals surface area (Å²) in [7, 11) is 0. The maximum absolute atomic E-state index is 10.5. The van der Waals surface area contributed by atoms with E-state index in [4.69, 9.17) is 5.11 Å². The quantitative estimate of drug-likeness (QED) is 0.856. The molecule has 0 amide bonds. The molecule has 0 fully saturated rings. The molecule has 82 valence electrons. The number of carboxylic acid groups (broad SMARTS) is 1. The molecule has 3 heteroatoms. The van der Waals surface area contributed by atoms with E-state index >= 15 is 0 Å². The van der Waals surface area contributed by atoms with Gasteiger partial charge in [-0.25, -0.2) is 0 Å². The molecule has 2 rings (SSSR count). The van der Waals surface area contributed by atoms with Crippen LogP contribution in [0.1, 0.15) is 17.5 Å². The van der Waals surface area contributed by atoms with Gasteiger partial charge in [-0.05, 0) is 36.6 Å². The van der Waals surface area contributed by atoms with Gasteiger partial charge in [-0.3, -0.25) is 9.78 Å². The first-order valence-electron chi connectivity index (χ1n) is 5.22. The van der Waals surface area contributed by atoms with E-state index in [1.54, 1.807) is 6.20 Å². The van der Waals surface area contributed by atoms with E-state index in [2.05, 4.69) is 4.98 Å². The smallest absolute Gasteiger partial charge is 0.303 e. The highest BCUT2D eigenvalue weighted by Gasteiger charge is 2.01. The molecular weight excluding hydrogens is 202 g/mol. The van der Waals surface area contributed by atoms with E-state index in [-0.39, 0.29) is 6.42 Å². The van der Waals surface area contributed by atoms with Gasteiger partial charge in [0.15, 0.2) is 0 Å². The third-order valence-corrected chi connectivity index (χ3v) is 2.52. The first-order chi connectivity index (χ1) is 7.65. The van der Waals surface area contributed by atoms with E-state index in [0.717, 1.165) is 16.5 Å². The number of aromatic nitrogens is 1.